The van der Waals surface area contributed by atoms with Crippen molar-refractivity contribution in [2.24, 2.45) is 0 Å². The molecule has 0 radical (unpaired) electrons. The first-order chi connectivity index (χ1) is 14.1. The van der Waals surface area contributed by atoms with E-state index in [1.165, 1.54) is 17.1 Å². The van der Waals surface area contributed by atoms with Crippen molar-refractivity contribution in [2.75, 3.05) is 44.2 Å². The van der Waals surface area contributed by atoms with E-state index in [-0.39, 0.29) is 5.91 Å². The van der Waals surface area contributed by atoms with Crippen molar-refractivity contribution in [3.05, 3.63) is 40.7 Å². The second-order valence-electron chi connectivity index (χ2n) is 7.43. The van der Waals surface area contributed by atoms with Gasteiger partial charge < -0.3 is 10.2 Å². The Bertz CT molecular complexity index is 759. The van der Waals surface area contributed by atoms with E-state index in [4.69, 9.17) is 16.6 Å². The number of carbonyl (C=O) groups is 1. The molecule has 0 spiro atoms. The normalized spacial score (nSPS) is 14.9. The van der Waals surface area contributed by atoms with E-state index in [0.29, 0.717) is 6.42 Å². The minimum atomic E-state index is 0.180. The lowest BCUT2D eigenvalue weighted by Gasteiger charge is -2.34. The lowest BCUT2D eigenvalue weighted by Crippen LogP contribution is -2.48. The number of rotatable bonds is 10. The van der Waals surface area contributed by atoms with Gasteiger partial charge in [-0.1, -0.05) is 43.5 Å². The number of aromatic nitrogens is 2. The molecule has 1 aromatic carbocycles. The molecular weight excluding hydrogens is 406 g/mol. The van der Waals surface area contributed by atoms with E-state index in [9.17, 15) is 4.79 Å². The molecule has 1 fully saturated rings. The number of benzene rings is 1. The van der Waals surface area contributed by atoms with Crippen molar-refractivity contribution in [1.82, 2.24) is 19.6 Å². The third-order valence-electron chi connectivity index (χ3n) is 5.13. The molecule has 1 aliphatic heterocycles. The summed E-state index contributed by atoms with van der Waals surface area (Å²) in [6.07, 6.45) is 4.64. The molecule has 0 bridgehead atoms. The Labute approximate surface area is 182 Å². The summed E-state index contributed by atoms with van der Waals surface area (Å²) >= 11 is 7.42. The van der Waals surface area contributed by atoms with Crippen LogP contribution in [0, 0.1) is 0 Å². The van der Waals surface area contributed by atoms with Crippen LogP contribution in [0.15, 0.2) is 24.3 Å². The fourth-order valence-electron chi connectivity index (χ4n) is 3.37. The van der Waals surface area contributed by atoms with Crippen molar-refractivity contribution in [3.63, 3.8) is 0 Å². The minimum absolute atomic E-state index is 0.180. The fourth-order valence-corrected chi connectivity index (χ4v) is 4.23. The lowest BCUT2D eigenvalue weighted by atomic mass is 10.1. The second-order valence-corrected chi connectivity index (χ2v) is 8.60. The zero-order chi connectivity index (χ0) is 20.5. The molecule has 1 aliphatic rings. The molecule has 0 atom stereocenters. The van der Waals surface area contributed by atoms with Crippen LogP contribution in [0.1, 0.15) is 44.0 Å². The van der Waals surface area contributed by atoms with Gasteiger partial charge in [0.15, 0.2) is 0 Å². The zero-order valence-electron chi connectivity index (χ0n) is 17.1. The van der Waals surface area contributed by atoms with E-state index < -0.39 is 0 Å². The molecule has 2 aromatic rings. The number of carbonyl (C=O) groups excluding carboxylic acids is 1. The third-order valence-corrected chi connectivity index (χ3v) is 6.20. The third kappa shape index (κ3) is 7.24. The summed E-state index contributed by atoms with van der Waals surface area (Å²) in [6, 6.07) is 7.84. The van der Waals surface area contributed by atoms with E-state index in [1.54, 1.807) is 0 Å². The molecule has 158 valence electrons. The molecule has 2 heterocycles. The maximum absolute atomic E-state index is 11.8. The average molecular weight is 436 g/mol. The molecule has 1 N–H and O–H groups in total. The summed E-state index contributed by atoms with van der Waals surface area (Å²) in [6.45, 7) is 7.65. The van der Waals surface area contributed by atoms with E-state index in [0.717, 1.165) is 80.9 Å². The van der Waals surface area contributed by atoms with E-state index in [2.05, 4.69) is 26.4 Å². The van der Waals surface area contributed by atoms with E-state index in [1.807, 2.05) is 24.3 Å². The molecular formula is C21H30ClN5OS. The molecule has 1 aromatic heterocycles. The first-order valence-corrected chi connectivity index (χ1v) is 11.6. The number of amides is 1. The number of nitrogens with zero attached hydrogens (tertiary/aromatic N) is 4. The molecule has 0 aliphatic carbocycles. The Morgan fingerprint density at radius 1 is 1.17 bits per heavy atom. The van der Waals surface area contributed by atoms with Crippen molar-refractivity contribution < 1.29 is 4.79 Å². The highest BCUT2D eigenvalue weighted by molar-refractivity contribution is 7.09. The number of piperazine rings is 1. The van der Waals surface area contributed by atoms with Crippen LogP contribution in [-0.4, -0.2) is 59.4 Å². The largest absolute Gasteiger partial charge is 0.355 e. The van der Waals surface area contributed by atoms with E-state index >= 15 is 0 Å². The monoisotopic (exact) mass is 435 g/mol. The quantitative estimate of drug-likeness (QED) is 0.578. The van der Waals surface area contributed by atoms with Crippen molar-refractivity contribution in [1.29, 1.82) is 0 Å². The lowest BCUT2D eigenvalue weighted by molar-refractivity contribution is -0.121. The molecule has 1 saturated heterocycles. The minimum Gasteiger partial charge on any atom is -0.355 e. The van der Waals surface area contributed by atoms with Crippen LogP contribution in [-0.2, 0) is 11.2 Å². The molecule has 1 amide bonds. The summed E-state index contributed by atoms with van der Waals surface area (Å²) < 4.78 is 4.52. The molecule has 8 heteroatoms. The highest BCUT2D eigenvalue weighted by Gasteiger charge is 2.20. The zero-order valence-corrected chi connectivity index (χ0v) is 18.6. The Morgan fingerprint density at radius 3 is 2.66 bits per heavy atom. The maximum atomic E-state index is 11.8. The van der Waals surface area contributed by atoms with Gasteiger partial charge in [-0.25, -0.2) is 4.98 Å². The van der Waals surface area contributed by atoms with Gasteiger partial charge in [0.1, 0.15) is 5.82 Å². The molecule has 3 rings (SSSR count). The first kappa shape index (κ1) is 22.0. The molecule has 0 saturated carbocycles. The predicted octanol–water partition coefficient (Wildman–Crippen LogP) is 3.60. The molecule has 29 heavy (non-hydrogen) atoms. The van der Waals surface area contributed by atoms with Crippen molar-refractivity contribution in [3.8, 4) is 0 Å². The Hall–Kier alpha value is -1.70. The summed E-state index contributed by atoms with van der Waals surface area (Å²) in [5.41, 5.74) is 1.17. The summed E-state index contributed by atoms with van der Waals surface area (Å²) in [4.78, 5) is 21.2. The number of nitrogens with one attached hydrogen (secondary N) is 1. The Kier molecular flexibility index (Phi) is 8.70. The number of anilines is 1. The molecule has 0 unspecified atom stereocenters. The van der Waals surface area contributed by atoms with Gasteiger partial charge in [-0.15, -0.1) is 0 Å². The topological polar surface area (TPSA) is 61.4 Å². The smallest absolute Gasteiger partial charge is 0.220 e. The van der Waals surface area contributed by atoms with Crippen LogP contribution in [0.3, 0.4) is 0 Å². The van der Waals surface area contributed by atoms with Crippen LogP contribution < -0.4 is 10.2 Å². The van der Waals surface area contributed by atoms with Crippen LogP contribution in [0.4, 0.5) is 5.13 Å². The number of hydrogen-bond acceptors (Lipinski definition) is 6. The van der Waals surface area contributed by atoms with Gasteiger partial charge in [0, 0.05) is 68.7 Å². The number of hydrogen-bond donors (Lipinski definition) is 1. The SMILES string of the molecule is CCCCCC(=O)NCCN1CCN(c2nc(Cc3ccc(Cl)cc3)ns2)CC1. The van der Waals surface area contributed by atoms with Crippen molar-refractivity contribution in [2.45, 2.75) is 39.0 Å². The van der Waals surface area contributed by atoms with Crippen LogP contribution in [0.2, 0.25) is 5.02 Å². The number of halogens is 1. The predicted molar refractivity (Wildman–Crippen MR) is 120 cm³/mol. The van der Waals surface area contributed by atoms with Crippen molar-refractivity contribution >= 4 is 34.2 Å². The summed E-state index contributed by atoms with van der Waals surface area (Å²) in [5.74, 6) is 1.04. The first-order valence-electron chi connectivity index (χ1n) is 10.4. The van der Waals surface area contributed by atoms with Gasteiger partial charge in [0.2, 0.25) is 11.0 Å². The van der Waals surface area contributed by atoms with Gasteiger partial charge in [-0.2, -0.15) is 4.37 Å². The second kappa shape index (κ2) is 11.5. The van der Waals surface area contributed by atoms with Crippen LogP contribution >= 0.6 is 23.1 Å². The summed E-state index contributed by atoms with van der Waals surface area (Å²) in [7, 11) is 0. The number of unbranched alkanes of at least 4 members (excludes halogenated alkanes) is 2. The maximum Gasteiger partial charge on any atom is 0.220 e. The Balaban J connectivity index is 1.37. The van der Waals surface area contributed by atoms with Crippen LogP contribution in [0.25, 0.3) is 0 Å². The van der Waals surface area contributed by atoms with Gasteiger partial charge in [-0.3, -0.25) is 9.69 Å². The fraction of sp³-hybridized carbons (Fsp3) is 0.571. The van der Waals surface area contributed by atoms with Gasteiger partial charge >= 0.3 is 0 Å². The molecule has 6 nitrogen and oxygen atoms in total. The average Bonchev–Trinajstić information content (AvgIpc) is 3.19. The Morgan fingerprint density at radius 2 is 1.93 bits per heavy atom. The van der Waals surface area contributed by atoms with Gasteiger partial charge in [0.25, 0.3) is 0 Å². The highest BCUT2D eigenvalue weighted by Crippen LogP contribution is 2.21. The van der Waals surface area contributed by atoms with Crippen LogP contribution in [0.5, 0.6) is 0 Å². The van der Waals surface area contributed by atoms with Gasteiger partial charge in [-0.05, 0) is 24.1 Å². The highest BCUT2D eigenvalue weighted by atomic mass is 35.5. The van der Waals surface area contributed by atoms with Gasteiger partial charge in [0.05, 0.1) is 0 Å². The standard InChI is InChI=1S/C21H30ClN5OS/c1-2-3-4-5-20(28)23-10-11-26-12-14-27(15-13-26)21-24-19(25-29-21)16-17-6-8-18(22)9-7-17/h6-9H,2-5,10-16H2,1H3,(H,23,28). The summed E-state index contributed by atoms with van der Waals surface area (Å²) in [5, 5.41) is 4.78.